The molecule has 0 bridgehead atoms. The molecular weight excluding hydrogens is 280 g/mol. The quantitative estimate of drug-likeness (QED) is 0.783. The van der Waals surface area contributed by atoms with E-state index in [1.807, 2.05) is 6.07 Å². The van der Waals surface area contributed by atoms with Gasteiger partial charge in [-0.2, -0.15) is 0 Å². The highest BCUT2D eigenvalue weighted by molar-refractivity contribution is 7.71. The maximum absolute atomic E-state index is 5.86. The molecule has 0 aliphatic heterocycles. The van der Waals surface area contributed by atoms with Crippen LogP contribution in [0.25, 0.3) is 11.0 Å². The predicted molar refractivity (Wildman–Crippen MR) is 89.6 cm³/mol. The van der Waals surface area contributed by atoms with E-state index in [1.54, 1.807) is 0 Å². The molecule has 1 fully saturated rings. The number of benzene rings is 1. The molecule has 2 unspecified atom stereocenters. The second kappa shape index (κ2) is 6.22. The third kappa shape index (κ3) is 2.73. The average molecular weight is 304 g/mol. The van der Waals surface area contributed by atoms with Crippen LogP contribution in [-0.2, 0) is 0 Å². The van der Waals surface area contributed by atoms with Gasteiger partial charge in [0.05, 0.1) is 12.1 Å². The van der Waals surface area contributed by atoms with Crippen molar-refractivity contribution in [1.29, 1.82) is 0 Å². The van der Waals surface area contributed by atoms with Crippen LogP contribution in [0, 0.1) is 10.7 Å². The lowest BCUT2D eigenvalue weighted by atomic mass is 9.85. The fraction of sp³-hybridized carbons (Fsp3) is 0.588. The van der Waals surface area contributed by atoms with Crippen LogP contribution in [0.5, 0.6) is 5.75 Å². The Morgan fingerprint density at radius 1 is 1.33 bits per heavy atom. The molecule has 0 spiro atoms. The van der Waals surface area contributed by atoms with Crippen LogP contribution in [0.3, 0.4) is 0 Å². The monoisotopic (exact) mass is 304 g/mol. The number of nitrogens with one attached hydrogen (secondary N) is 1. The standard InChI is InChI=1S/C17H24N2OS/c1-3-11-20-15-10-6-9-14-16(15)18-17(21)19(14)13-8-5-4-7-12(13)2/h6,9-10,12-13H,3-5,7-8,11H2,1-2H3,(H,18,21). The van der Waals surface area contributed by atoms with E-state index in [1.165, 1.54) is 31.2 Å². The molecule has 114 valence electrons. The summed E-state index contributed by atoms with van der Waals surface area (Å²) in [6, 6.07) is 6.76. The van der Waals surface area contributed by atoms with Crippen LogP contribution in [0.4, 0.5) is 0 Å². The molecule has 2 aromatic rings. The zero-order valence-corrected chi connectivity index (χ0v) is 13.7. The zero-order valence-electron chi connectivity index (χ0n) is 12.9. The lowest BCUT2D eigenvalue weighted by molar-refractivity contribution is 0.260. The number of H-pyrrole nitrogens is 1. The summed E-state index contributed by atoms with van der Waals surface area (Å²) < 4.78 is 9.02. The number of hydrogen-bond donors (Lipinski definition) is 1. The summed E-state index contributed by atoms with van der Waals surface area (Å²) in [7, 11) is 0. The van der Waals surface area contributed by atoms with E-state index in [9.17, 15) is 0 Å². The van der Waals surface area contributed by atoms with Gasteiger partial charge < -0.3 is 14.3 Å². The number of imidazole rings is 1. The van der Waals surface area contributed by atoms with Gasteiger partial charge in [-0.3, -0.25) is 0 Å². The lowest BCUT2D eigenvalue weighted by Crippen LogP contribution is -2.21. The summed E-state index contributed by atoms with van der Waals surface area (Å²) in [4.78, 5) is 3.38. The van der Waals surface area contributed by atoms with Gasteiger partial charge in [0, 0.05) is 6.04 Å². The molecule has 0 saturated heterocycles. The predicted octanol–water partition coefficient (Wildman–Crippen LogP) is 5.24. The molecule has 4 heteroatoms. The average Bonchev–Trinajstić information content (AvgIpc) is 2.82. The number of hydrogen-bond acceptors (Lipinski definition) is 2. The van der Waals surface area contributed by atoms with Gasteiger partial charge in [-0.1, -0.05) is 32.8 Å². The molecule has 1 saturated carbocycles. The van der Waals surface area contributed by atoms with E-state index >= 15 is 0 Å². The fourth-order valence-electron chi connectivity index (χ4n) is 3.46. The summed E-state index contributed by atoms with van der Waals surface area (Å²) in [6.07, 6.45) is 6.18. The molecule has 0 radical (unpaired) electrons. The Hall–Kier alpha value is -1.29. The van der Waals surface area contributed by atoms with Crippen molar-refractivity contribution in [3.63, 3.8) is 0 Å². The van der Waals surface area contributed by atoms with Gasteiger partial charge in [-0.15, -0.1) is 0 Å². The number of para-hydroxylation sites is 1. The van der Waals surface area contributed by atoms with Crippen molar-refractivity contribution < 1.29 is 4.74 Å². The highest BCUT2D eigenvalue weighted by Crippen LogP contribution is 2.37. The maximum Gasteiger partial charge on any atom is 0.178 e. The van der Waals surface area contributed by atoms with E-state index in [-0.39, 0.29) is 0 Å². The van der Waals surface area contributed by atoms with Crippen LogP contribution >= 0.6 is 12.2 Å². The van der Waals surface area contributed by atoms with Crippen LogP contribution in [0.2, 0.25) is 0 Å². The molecule has 0 amide bonds. The first-order valence-corrected chi connectivity index (χ1v) is 8.49. The Morgan fingerprint density at radius 2 is 2.14 bits per heavy atom. The van der Waals surface area contributed by atoms with E-state index in [0.717, 1.165) is 29.1 Å². The second-order valence-corrected chi connectivity index (χ2v) is 6.51. The van der Waals surface area contributed by atoms with Gasteiger partial charge in [0.25, 0.3) is 0 Å². The van der Waals surface area contributed by atoms with Crippen molar-refractivity contribution in [2.75, 3.05) is 6.61 Å². The Labute approximate surface area is 131 Å². The number of fused-ring (bicyclic) bond motifs is 1. The summed E-state index contributed by atoms with van der Waals surface area (Å²) in [5.74, 6) is 1.60. The fourth-order valence-corrected chi connectivity index (χ4v) is 3.80. The van der Waals surface area contributed by atoms with Crippen LogP contribution in [0.15, 0.2) is 18.2 Å². The van der Waals surface area contributed by atoms with Crippen LogP contribution in [-0.4, -0.2) is 16.2 Å². The number of nitrogens with zero attached hydrogens (tertiary/aromatic N) is 1. The summed E-state index contributed by atoms with van der Waals surface area (Å²) >= 11 is 5.61. The smallest absolute Gasteiger partial charge is 0.178 e. The zero-order chi connectivity index (χ0) is 14.8. The lowest BCUT2D eigenvalue weighted by Gasteiger charge is -2.30. The number of aromatic amines is 1. The van der Waals surface area contributed by atoms with Crippen molar-refractivity contribution in [1.82, 2.24) is 9.55 Å². The Kier molecular flexibility index (Phi) is 4.34. The first kappa shape index (κ1) is 14.6. The Bertz CT molecular complexity index is 673. The minimum Gasteiger partial charge on any atom is -0.491 e. The van der Waals surface area contributed by atoms with Crippen molar-refractivity contribution in [3.8, 4) is 5.75 Å². The number of rotatable bonds is 4. The minimum atomic E-state index is 0.515. The Morgan fingerprint density at radius 3 is 2.90 bits per heavy atom. The molecule has 21 heavy (non-hydrogen) atoms. The largest absolute Gasteiger partial charge is 0.491 e. The molecule has 1 aliphatic rings. The molecule has 1 aliphatic carbocycles. The van der Waals surface area contributed by atoms with Gasteiger partial charge in [0.2, 0.25) is 0 Å². The van der Waals surface area contributed by atoms with Crippen molar-refractivity contribution in [2.24, 2.45) is 5.92 Å². The van der Waals surface area contributed by atoms with Crippen LogP contribution in [0.1, 0.15) is 52.0 Å². The highest BCUT2D eigenvalue weighted by Gasteiger charge is 2.25. The molecule has 3 rings (SSSR count). The molecule has 1 aromatic heterocycles. The molecular formula is C17H24N2OS. The second-order valence-electron chi connectivity index (χ2n) is 6.13. The first-order valence-electron chi connectivity index (χ1n) is 8.08. The third-order valence-electron chi connectivity index (χ3n) is 4.57. The maximum atomic E-state index is 5.86. The summed E-state index contributed by atoms with van der Waals surface area (Å²) in [6.45, 7) is 5.21. The molecule has 1 aromatic carbocycles. The molecule has 1 N–H and O–H groups in total. The molecule has 2 atom stereocenters. The van der Waals surface area contributed by atoms with Gasteiger partial charge in [0.1, 0.15) is 11.3 Å². The van der Waals surface area contributed by atoms with Crippen molar-refractivity contribution >= 4 is 23.3 Å². The van der Waals surface area contributed by atoms with E-state index < -0.39 is 0 Å². The van der Waals surface area contributed by atoms with Gasteiger partial charge >= 0.3 is 0 Å². The number of aromatic nitrogens is 2. The number of ether oxygens (including phenoxy) is 1. The highest BCUT2D eigenvalue weighted by atomic mass is 32.1. The topological polar surface area (TPSA) is 29.9 Å². The summed E-state index contributed by atoms with van der Waals surface area (Å²) in [5.41, 5.74) is 2.24. The van der Waals surface area contributed by atoms with Crippen LogP contribution < -0.4 is 4.74 Å². The molecule has 3 nitrogen and oxygen atoms in total. The van der Waals surface area contributed by atoms with Crippen molar-refractivity contribution in [3.05, 3.63) is 23.0 Å². The molecule has 1 heterocycles. The van der Waals surface area contributed by atoms with Gasteiger partial charge in [-0.05, 0) is 49.5 Å². The third-order valence-corrected chi connectivity index (χ3v) is 4.87. The SMILES string of the molecule is CCCOc1cccc2c1[nH]c(=S)n2C1CCCCC1C. The van der Waals surface area contributed by atoms with E-state index in [0.29, 0.717) is 12.0 Å². The summed E-state index contributed by atoms with van der Waals surface area (Å²) in [5, 5.41) is 0. The first-order chi connectivity index (χ1) is 10.2. The van der Waals surface area contributed by atoms with Gasteiger partial charge in [-0.25, -0.2) is 0 Å². The Balaban J connectivity index is 2.07. The van der Waals surface area contributed by atoms with E-state index in [2.05, 4.69) is 35.5 Å². The minimum absolute atomic E-state index is 0.515. The van der Waals surface area contributed by atoms with E-state index in [4.69, 9.17) is 17.0 Å². The van der Waals surface area contributed by atoms with Gasteiger partial charge in [0.15, 0.2) is 4.77 Å². The normalized spacial score (nSPS) is 22.6. The van der Waals surface area contributed by atoms with Crippen molar-refractivity contribution in [2.45, 2.75) is 52.0 Å².